The second-order valence-electron chi connectivity index (χ2n) is 4.43. The largest absolute Gasteiger partial charge is 0.394 e. The zero-order valence-electron chi connectivity index (χ0n) is 8.84. The zero-order valence-corrected chi connectivity index (χ0v) is 8.84. The van der Waals surface area contributed by atoms with E-state index >= 15 is 0 Å². The highest BCUT2D eigenvalue weighted by molar-refractivity contribution is 4.95. The van der Waals surface area contributed by atoms with Crippen molar-refractivity contribution in [3.8, 4) is 0 Å². The van der Waals surface area contributed by atoms with Crippen LogP contribution in [0.5, 0.6) is 0 Å². The molecule has 0 aromatic carbocycles. The molecule has 0 aliphatic heterocycles. The third-order valence-electron chi connectivity index (χ3n) is 3.48. The Hall–Kier alpha value is -0.940. The topological polar surface area (TPSA) is 77.0 Å². The number of aromatic nitrogens is 3. The van der Waals surface area contributed by atoms with Crippen molar-refractivity contribution in [3.05, 3.63) is 12.7 Å². The molecule has 0 amide bonds. The Morgan fingerprint density at radius 3 is 3.13 bits per heavy atom. The Kier molecular flexibility index (Phi) is 3.02. The molecule has 15 heavy (non-hydrogen) atoms. The molecular formula is C10H18N4O. The van der Waals surface area contributed by atoms with Crippen molar-refractivity contribution in [3.63, 3.8) is 0 Å². The zero-order chi connectivity index (χ0) is 10.7. The second kappa shape index (κ2) is 4.28. The van der Waals surface area contributed by atoms with Gasteiger partial charge in [-0.2, -0.15) is 5.10 Å². The summed E-state index contributed by atoms with van der Waals surface area (Å²) in [6.45, 7) is 0.929. The maximum absolute atomic E-state index is 9.29. The number of nitrogens with zero attached hydrogens (tertiary/aromatic N) is 3. The van der Waals surface area contributed by atoms with Gasteiger partial charge in [0.2, 0.25) is 0 Å². The highest BCUT2D eigenvalue weighted by Gasteiger charge is 2.38. The number of aryl methyl sites for hydroxylation is 1. The van der Waals surface area contributed by atoms with E-state index in [4.69, 9.17) is 5.73 Å². The van der Waals surface area contributed by atoms with Crippen LogP contribution in [0.1, 0.15) is 25.7 Å². The van der Waals surface area contributed by atoms with E-state index in [0.717, 1.165) is 32.2 Å². The third kappa shape index (κ3) is 2.18. The SMILES string of the molecule is NC1(CO)CCCC1CCn1cncn1. The normalized spacial score (nSPS) is 30.9. The first kappa shape index (κ1) is 10.6. The third-order valence-corrected chi connectivity index (χ3v) is 3.48. The molecule has 1 aromatic rings. The minimum Gasteiger partial charge on any atom is -0.394 e. The fourth-order valence-electron chi connectivity index (χ4n) is 2.45. The molecule has 3 N–H and O–H groups in total. The van der Waals surface area contributed by atoms with Gasteiger partial charge in [0.25, 0.3) is 0 Å². The number of rotatable bonds is 4. The molecule has 5 heteroatoms. The van der Waals surface area contributed by atoms with Gasteiger partial charge in [-0.25, -0.2) is 4.98 Å². The van der Waals surface area contributed by atoms with E-state index in [9.17, 15) is 5.11 Å². The number of nitrogens with two attached hydrogens (primary N) is 1. The van der Waals surface area contributed by atoms with Crippen molar-refractivity contribution >= 4 is 0 Å². The number of aliphatic hydroxyl groups is 1. The molecule has 2 atom stereocenters. The number of hydrogen-bond donors (Lipinski definition) is 2. The standard InChI is InChI=1S/C10H18N4O/c11-10(6-15)4-1-2-9(10)3-5-14-8-12-7-13-14/h7-9,15H,1-6,11H2. The molecule has 2 unspecified atom stereocenters. The average Bonchev–Trinajstić information content (AvgIpc) is 2.85. The molecule has 1 fully saturated rings. The van der Waals surface area contributed by atoms with E-state index in [0.29, 0.717) is 5.92 Å². The van der Waals surface area contributed by atoms with Crippen molar-refractivity contribution in [2.75, 3.05) is 6.61 Å². The fraction of sp³-hybridized carbons (Fsp3) is 0.800. The Balaban J connectivity index is 1.89. The van der Waals surface area contributed by atoms with E-state index in [1.165, 1.54) is 6.33 Å². The van der Waals surface area contributed by atoms with Gasteiger partial charge >= 0.3 is 0 Å². The molecule has 84 valence electrons. The highest BCUT2D eigenvalue weighted by atomic mass is 16.3. The van der Waals surface area contributed by atoms with Crippen LogP contribution in [-0.2, 0) is 6.54 Å². The quantitative estimate of drug-likeness (QED) is 0.742. The lowest BCUT2D eigenvalue weighted by atomic mass is 9.86. The molecule has 1 aromatic heterocycles. The highest BCUT2D eigenvalue weighted by Crippen LogP contribution is 2.35. The van der Waals surface area contributed by atoms with E-state index in [1.807, 2.05) is 4.68 Å². The van der Waals surface area contributed by atoms with Gasteiger partial charge in [0.1, 0.15) is 12.7 Å². The predicted molar refractivity (Wildman–Crippen MR) is 56.0 cm³/mol. The summed E-state index contributed by atoms with van der Waals surface area (Å²) in [5.41, 5.74) is 5.79. The van der Waals surface area contributed by atoms with Gasteiger partial charge in [0.15, 0.2) is 0 Å². The minimum absolute atomic E-state index is 0.0923. The molecule has 0 radical (unpaired) electrons. The van der Waals surface area contributed by atoms with Crippen LogP contribution >= 0.6 is 0 Å². The van der Waals surface area contributed by atoms with E-state index in [-0.39, 0.29) is 12.1 Å². The number of hydrogen-bond acceptors (Lipinski definition) is 4. The van der Waals surface area contributed by atoms with Gasteiger partial charge in [-0.3, -0.25) is 4.68 Å². The smallest absolute Gasteiger partial charge is 0.137 e. The molecule has 1 aliphatic rings. The van der Waals surface area contributed by atoms with Crippen molar-refractivity contribution in [1.29, 1.82) is 0 Å². The lowest BCUT2D eigenvalue weighted by Crippen LogP contribution is -2.47. The van der Waals surface area contributed by atoms with Crippen LogP contribution in [0.25, 0.3) is 0 Å². The summed E-state index contributed by atoms with van der Waals surface area (Å²) < 4.78 is 1.82. The van der Waals surface area contributed by atoms with E-state index < -0.39 is 0 Å². The Bertz CT molecular complexity index is 300. The van der Waals surface area contributed by atoms with Crippen molar-refractivity contribution in [1.82, 2.24) is 14.8 Å². The molecule has 1 aliphatic carbocycles. The molecule has 0 saturated heterocycles. The van der Waals surface area contributed by atoms with Gasteiger partial charge in [-0.1, -0.05) is 6.42 Å². The molecule has 0 spiro atoms. The van der Waals surface area contributed by atoms with Gasteiger partial charge < -0.3 is 10.8 Å². The second-order valence-corrected chi connectivity index (χ2v) is 4.43. The lowest BCUT2D eigenvalue weighted by Gasteiger charge is -2.29. The first-order valence-electron chi connectivity index (χ1n) is 5.47. The van der Waals surface area contributed by atoms with Gasteiger partial charge in [0.05, 0.1) is 6.61 Å². The fourth-order valence-corrected chi connectivity index (χ4v) is 2.45. The predicted octanol–water partition coefficient (Wildman–Crippen LogP) is 0.158. The van der Waals surface area contributed by atoms with Gasteiger partial charge in [0, 0.05) is 12.1 Å². The van der Waals surface area contributed by atoms with Gasteiger partial charge in [-0.05, 0) is 25.2 Å². The molecule has 1 heterocycles. The molecule has 2 rings (SSSR count). The molecule has 5 nitrogen and oxygen atoms in total. The van der Waals surface area contributed by atoms with Crippen LogP contribution in [0, 0.1) is 5.92 Å². The Morgan fingerprint density at radius 2 is 2.47 bits per heavy atom. The molecular weight excluding hydrogens is 192 g/mol. The summed E-state index contributed by atoms with van der Waals surface area (Å²) >= 11 is 0. The van der Waals surface area contributed by atoms with Crippen LogP contribution in [-0.4, -0.2) is 32.0 Å². The summed E-state index contributed by atoms with van der Waals surface area (Å²) in [6.07, 6.45) is 7.40. The van der Waals surface area contributed by atoms with Crippen LogP contribution in [0.2, 0.25) is 0 Å². The monoisotopic (exact) mass is 210 g/mol. The summed E-state index contributed by atoms with van der Waals surface area (Å²) in [7, 11) is 0. The van der Waals surface area contributed by atoms with Crippen LogP contribution < -0.4 is 5.73 Å². The molecule has 0 bridgehead atoms. The lowest BCUT2D eigenvalue weighted by molar-refractivity contribution is 0.152. The first-order chi connectivity index (χ1) is 7.24. The number of aliphatic hydroxyl groups excluding tert-OH is 1. The van der Waals surface area contributed by atoms with Crippen molar-refractivity contribution in [2.24, 2.45) is 11.7 Å². The first-order valence-corrected chi connectivity index (χ1v) is 5.47. The van der Waals surface area contributed by atoms with Crippen LogP contribution in [0.15, 0.2) is 12.7 Å². The van der Waals surface area contributed by atoms with E-state index in [2.05, 4.69) is 10.1 Å². The van der Waals surface area contributed by atoms with Crippen LogP contribution in [0.4, 0.5) is 0 Å². The molecule has 1 saturated carbocycles. The summed E-state index contributed by atoms with van der Waals surface area (Å²) in [5, 5.41) is 13.3. The maximum atomic E-state index is 9.29. The summed E-state index contributed by atoms with van der Waals surface area (Å²) in [5.74, 6) is 0.409. The Morgan fingerprint density at radius 1 is 1.60 bits per heavy atom. The summed E-state index contributed by atoms with van der Waals surface area (Å²) in [4.78, 5) is 3.90. The van der Waals surface area contributed by atoms with Crippen molar-refractivity contribution < 1.29 is 5.11 Å². The van der Waals surface area contributed by atoms with Gasteiger partial charge in [-0.15, -0.1) is 0 Å². The van der Waals surface area contributed by atoms with Crippen molar-refractivity contribution in [2.45, 2.75) is 37.8 Å². The maximum Gasteiger partial charge on any atom is 0.137 e. The minimum atomic E-state index is -0.361. The Labute approximate surface area is 89.3 Å². The van der Waals surface area contributed by atoms with E-state index in [1.54, 1.807) is 6.33 Å². The summed E-state index contributed by atoms with van der Waals surface area (Å²) in [6, 6.07) is 0. The van der Waals surface area contributed by atoms with Crippen LogP contribution in [0.3, 0.4) is 0 Å². The average molecular weight is 210 g/mol.